The number of rotatable bonds is 5. The Hall–Kier alpha value is -4.32. The van der Waals surface area contributed by atoms with Crippen molar-refractivity contribution in [3.8, 4) is 0 Å². The summed E-state index contributed by atoms with van der Waals surface area (Å²) in [7, 11) is 0. The quantitative estimate of drug-likeness (QED) is 0.343. The molecular weight excluding hydrogens is 428 g/mol. The highest BCUT2D eigenvalue weighted by atomic mass is 16.3. The summed E-state index contributed by atoms with van der Waals surface area (Å²) in [6.07, 6.45) is 6.84. The SMILES string of the molecule is C[C@H]1C[C@@H](N(C(=O)/C=C/c2ccco2)c2ccccc2)c2ccccc2N1C(=O)c1ccco1. The van der Waals surface area contributed by atoms with Crippen LogP contribution >= 0.6 is 0 Å². The second kappa shape index (κ2) is 9.27. The highest BCUT2D eigenvalue weighted by Crippen LogP contribution is 2.42. The van der Waals surface area contributed by atoms with E-state index >= 15 is 0 Å². The molecule has 0 saturated heterocycles. The monoisotopic (exact) mass is 452 g/mol. The van der Waals surface area contributed by atoms with Crippen LogP contribution in [0.2, 0.25) is 0 Å². The maximum absolute atomic E-state index is 13.6. The van der Waals surface area contributed by atoms with Gasteiger partial charge in [0.1, 0.15) is 5.76 Å². The van der Waals surface area contributed by atoms with E-state index in [1.807, 2.05) is 61.5 Å². The molecule has 4 aromatic rings. The first-order valence-corrected chi connectivity index (χ1v) is 11.2. The molecule has 0 bridgehead atoms. The standard InChI is InChI=1S/C28H24N2O4/c1-20-19-25(23-12-5-6-13-24(23)29(20)28(32)26-14-8-18-34-26)30(21-9-3-2-4-10-21)27(31)16-15-22-11-7-17-33-22/h2-18,20,25H,19H2,1H3/b16-15+/t20-,25+/m0/s1. The van der Waals surface area contributed by atoms with Crippen molar-refractivity contribution in [2.75, 3.05) is 9.80 Å². The number of anilines is 2. The highest BCUT2D eigenvalue weighted by molar-refractivity contribution is 6.07. The average Bonchev–Trinajstić information content (AvgIpc) is 3.58. The first-order valence-electron chi connectivity index (χ1n) is 11.2. The smallest absolute Gasteiger partial charge is 0.294 e. The van der Waals surface area contributed by atoms with Crippen molar-refractivity contribution in [2.24, 2.45) is 0 Å². The van der Waals surface area contributed by atoms with Crippen molar-refractivity contribution in [1.82, 2.24) is 0 Å². The van der Waals surface area contributed by atoms with Gasteiger partial charge in [-0.3, -0.25) is 9.59 Å². The normalized spacial score (nSPS) is 17.5. The topological polar surface area (TPSA) is 66.9 Å². The second-order valence-electron chi connectivity index (χ2n) is 8.20. The number of carbonyl (C=O) groups excluding carboxylic acids is 2. The third-order valence-electron chi connectivity index (χ3n) is 6.03. The van der Waals surface area contributed by atoms with Crippen LogP contribution in [0.4, 0.5) is 11.4 Å². The van der Waals surface area contributed by atoms with Crippen molar-refractivity contribution >= 4 is 29.3 Å². The van der Waals surface area contributed by atoms with Gasteiger partial charge < -0.3 is 18.6 Å². The summed E-state index contributed by atoms with van der Waals surface area (Å²) in [6, 6.07) is 23.9. The number of para-hydroxylation sites is 2. The number of amides is 2. The largest absolute Gasteiger partial charge is 0.465 e. The molecule has 34 heavy (non-hydrogen) atoms. The van der Waals surface area contributed by atoms with E-state index < -0.39 is 0 Å². The minimum Gasteiger partial charge on any atom is -0.465 e. The molecule has 0 fully saturated rings. The summed E-state index contributed by atoms with van der Waals surface area (Å²) >= 11 is 0. The molecule has 2 amide bonds. The van der Waals surface area contributed by atoms with Gasteiger partial charge in [-0.15, -0.1) is 0 Å². The maximum atomic E-state index is 13.6. The highest BCUT2D eigenvalue weighted by Gasteiger charge is 2.39. The van der Waals surface area contributed by atoms with E-state index in [1.54, 1.807) is 46.4 Å². The van der Waals surface area contributed by atoms with Gasteiger partial charge in [-0.05, 0) is 67.4 Å². The number of nitrogens with zero attached hydrogens (tertiary/aromatic N) is 2. The Kier molecular flexibility index (Phi) is 5.87. The summed E-state index contributed by atoms with van der Waals surface area (Å²) in [5.74, 6) is 0.533. The number of fused-ring (bicyclic) bond motifs is 1. The zero-order valence-electron chi connectivity index (χ0n) is 18.7. The summed E-state index contributed by atoms with van der Waals surface area (Å²) in [6.45, 7) is 2.00. The lowest BCUT2D eigenvalue weighted by Gasteiger charge is -2.43. The molecule has 3 heterocycles. The lowest BCUT2D eigenvalue weighted by molar-refractivity contribution is -0.114. The van der Waals surface area contributed by atoms with Crippen LogP contribution < -0.4 is 9.80 Å². The molecule has 0 N–H and O–H groups in total. The van der Waals surface area contributed by atoms with E-state index in [-0.39, 0.29) is 29.7 Å². The molecule has 6 nitrogen and oxygen atoms in total. The molecule has 1 aliphatic heterocycles. The Bertz CT molecular complexity index is 1290. The summed E-state index contributed by atoms with van der Waals surface area (Å²) in [4.78, 5) is 30.4. The van der Waals surface area contributed by atoms with Gasteiger partial charge in [0.15, 0.2) is 5.76 Å². The molecular formula is C28H24N2O4. The van der Waals surface area contributed by atoms with E-state index in [0.717, 1.165) is 16.9 Å². The van der Waals surface area contributed by atoms with Gasteiger partial charge in [-0.1, -0.05) is 36.4 Å². The van der Waals surface area contributed by atoms with E-state index in [1.165, 1.54) is 12.3 Å². The molecule has 0 aliphatic carbocycles. The van der Waals surface area contributed by atoms with E-state index in [4.69, 9.17) is 8.83 Å². The van der Waals surface area contributed by atoms with Crippen LogP contribution in [0.15, 0.2) is 106 Å². The third-order valence-corrected chi connectivity index (χ3v) is 6.03. The Balaban J connectivity index is 1.56. The Morgan fingerprint density at radius 1 is 0.912 bits per heavy atom. The molecule has 0 saturated carbocycles. The van der Waals surface area contributed by atoms with Crippen LogP contribution in [-0.4, -0.2) is 17.9 Å². The number of benzene rings is 2. The van der Waals surface area contributed by atoms with Crippen LogP contribution in [0.1, 0.15) is 41.3 Å². The molecule has 1 aliphatic rings. The molecule has 6 heteroatoms. The van der Waals surface area contributed by atoms with Crippen LogP contribution in [0.25, 0.3) is 6.08 Å². The minimum atomic E-state index is -0.261. The predicted molar refractivity (Wildman–Crippen MR) is 130 cm³/mol. The maximum Gasteiger partial charge on any atom is 0.294 e. The van der Waals surface area contributed by atoms with Crippen molar-refractivity contribution in [2.45, 2.75) is 25.4 Å². The zero-order valence-corrected chi connectivity index (χ0v) is 18.7. The summed E-state index contributed by atoms with van der Waals surface area (Å²) in [5, 5.41) is 0. The Labute approximate surface area is 197 Å². The number of carbonyl (C=O) groups is 2. The third kappa shape index (κ3) is 4.06. The summed E-state index contributed by atoms with van der Waals surface area (Å²) < 4.78 is 10.7. The Morgan fingerprint density at radius 3 is 2.38 bits per heavy atom. The van der Waals surface area contributed by atoms with Crippen molar-refractivity contribution in [1.29, 1.82) is 0 Å². The molecule has 0 radical (unpaired) electrons. The van der Waals surface area contributed by atoms with E-state index in [9.17, 15) is 9.59 Å². The van der Waals surface area contributed by atoms with Gasteiger partial charge in [0.2, 0.25) is 0 Å². The first-order chi connectivity index (χ1) is 16.6. The van der Waals surface area contributed by atoms with Gasteiger partial charge in [0, 0.05) is 23.5 Å². The van der Waals surface area contributed by atoms with Crippen LogP contribution in [-0.2, 0) is 4.79 Å². The lowest BCUT2D eigenvalue weighted by Crippen LogP contribution is -2.47. The van der Waals surface area contributed by atoms with Gasteiger partial charge >= 0.3 is 0 Å². The van der Waals surface area contributed by atoms with E-state index in [0.29, 0.717) is 12.2 Å². The fourth-order valence-corrected chi connectivity index (χ4v) is 4.52. The fraction of sp³-hybridized carbons (Fsp3) is 0.143. The van der Waals surface area contributed by atoms with Gasteiger partial charge in [-0.25, -0.2) is 0 Å². The van der Waals surface area contributed by atoms with Crippen LogP contribution in [0, 0.1) is 0 Å². The molecule has 2 aromatic heterocycles. The zero-order chi connectivity index (χ0) is 23.5. The molecule has 170 valence electrons. The summed E-state index contributed by atoms with van der Waals surface area (Å²) in [5.41, 5.74) is 2.47. The molecule has 0 unspecified atom stereocenters. The van der Waals surface area contributed by atoms with E-state index in [2.05, 4.69) is 0 Å². The number of hydrogen-bond acceptors (Lipinski definition) is 4. The average molecular weight is 453 g/mol. The second-order valence-corrected chi connectivity index (χ2v) is 8.20. The molecule has 5 rings (SSSR count). The molecule has 0 spiro atoms. The minimum absolute atomic E-state index is 0.162. The van der Waals surface area contributed by atoms with Crippen molar-refractivity contribution in [3.05, 3.63) is 115 Å². The first kappa shape index (κ1) is 21.5. The van der Waals surface area contributed by atoms with Gasteiger partial charge in [0.25, 0.3) is 11.8 Å². The van der Waals surface area contributed by atoms with Gasteiger partial charge in [-0.2, -0.15) is 0 Å². The number of furan rings is 2. The van der Waals surface area contributed by atoms with Gasteiger partial charge in [0.05, 0.1) is 18.6 Å². The Morgan fingerprint density at radius 2 is 1.65 bits per heavy atom. The number of hydrogen-bond donors (Lipinski definition) is 0. The lowest BCUT2D eigenvalue weighted by atomic mass is 9.89. The fourth-order valence-electron chi connectivity index (χ4n) is 4.52. The van der Waals surface area contributed by atoms with Crippen molar-refractivity contribution in [3.63, 3.8) is 0 Å². The molecule has 2 aromatic carbocycles. The van der Waals surface area contributed by atoms with Crippen molar-refractivity contribution < 1.29 is 18.4 Å². The van der Waals surface area contributed by atoms with Crippen LogP contribution in [0.3, 0.4) is 0 Å². The predicted octanol–water partition coefficient (Wildman–Crippen LogP) is 6.10. The molecule has 2 atom stereocenters. The van der Waals surface area contributed by atoms with Crippen LogP contribution in [0.5, 0.6) is 0 Å².